The van der Waals surface area contributed by atoms with Gasteiger partial charge >= 0.3 is 6.09 Å². The zero-order valence-electron chi connectivity index (χ0n) is 19.6. The number of nitrogens with one attached hydrogen (secondary N) is 1. The fourth-order valence-corrected chi connectivity index (χ4v) is 4.26. The highest BCUT2D eigenvalue weighted by molar-refractivity contribution is 6.06. The summed E-state index contributed by atoms with van der Waals surface area (Å²) in [7, 11) is 3.41. The first-order valence-corrected chi connectivity index (χ1v) is 11.5. The Kier molecular flexibility index (Phi) is 6.40. The van der Waals surface area contributed by atoms with Crippen LogP contribution in [0.1, 0.15) is 44.7 Å². The van der Waals surface area contributed by atoms with Crippen molar-refractivity contribution in [3.05, 3.63) is 54.1 Å². The number of nitrogens with zero attached hydrogens (tertiary/aromatic N) is 2. The largest absolute Gasteiger partial charge is 0.436 e. The molecule has 2 aromatic rings. The van der Waals surface area contributed by atoms with Crippen molar-refractivity contribution in [1.82, 2.24) is 10.2 Å². The second-order valence-electron chi connectivity index (χ2n) is 9.29. The van der Waals surface area contributed by atoms with Crippen molar-refractivity contribution < 1.29 is 19.1 Å². The molecule has 7 heteroatoms. The van der Waals surface area contributed by atoms with Crippen molar-refractivity contribution in [3.8, 4) is 11.1 Å². The highest BCUT2D eigenvalue weighted by Gasteiger charge is 2.37. The molecular formula is C26H31N3O4. The molecule has 2 aromatic carbocycles. The molecule has 1 N–H and O–H groups in total. The Morgan fingerprint density at radius 2 is 1.73 bits per heavy atom. The minimum Gasteiger partial charge on any atom is -0.436 e. The number of anilines is 1. The minimum atomic E-state index is -0.977. The molecule has 1 aliphatic carbocycles. The van der Waals surface area contributed by atoms with E-state index in [9.17, 15) is 14.4 Å². The van der Waals surface area contributed by atoms with Crippen LogP contribution in [0.15, 0.2) is 48.5 Å². The van der Waals surface area contributed by atoms with Gasteiger partial charge in [0.1, 0.15) is 6.04 Å². The van der Waals surface area contributed by atoms with Gasteiger partial charge in [0.05, 0.1) is 5.69 Å². The summed E-state index contributed by atoms with van der Waals surface area (Å²) in [6.07, 6.45) is 0.791. The number of hydrogen-bond donors (Lipinski definition) is 1. The summed E-state index contributed by atoms with van der Waals surface area (Å²) in [6.45, 7) is 3.94. The first kappa shape index (κ1) is 22.8. The van der Waals surface area contributed by atoms with Crippen molar-refractivity contribution in [2.75, 3.05) is 19.0 Å². The van der Waals surface area contributed by atoms with Crippen molar-refractivity contribution in [3.63, 3.8) is 0 Å². The molecule has 1 fully saturated rings. The molecule has 0 radical (unpaired) electrons. The number of amides is 3. The number of likely N-dealkylation sites (N-methyl/N-ethyl adjacent to an activating group) is 1. The average Bonchev–Trinajstić information content (AvgIpc) is 3.66. The van der Waals surface area contributed by atoms with Gasteiger partial charge in [0.2, 0.25) is 0 Å². The van der Waals surface area contributed by atoms with Crippen LogP contribution in [0.25, 0.3) is 11.1 Å². The second kappa shape index (κ2) is 9.25. The zero-order valence-corrected chi connectivity index (χ0v) is 19.6. The highest BCUT2D eigenvalue weighted by Crippen LogP contribution is 2.39. The standard InChI is InChI=1S/C26H31N3O4/c1-16(2)15-22(33-26(32)28(3)17-13-14-17)24(30)27-23-20-11-6-5-9-18(20)19-10-7-8-12-21(19)29(4)25(23)31/h5-12,16-17,22-23H,13-15H2,1-4H3,(H,27,30). The molecule has 3 amide bonds. The third-order valence-corrected chi connectivity index (χ3v) is 6.30. The minimum absolute atomic E-state index is 0.129. The summed E-state index contributed by atoms with van der Waals surface area (Å²) in [5, 5.41) is 2.90. The number of fused-ring (bicyclic) bond motifs is 3. The van der Waals surface area contributed by atoms with Crippen LogP contribution in [0, 0.1) is 5.92 Å². The molecule has 33 heavy (non-hydrogen) atoms. The number of carbonyl (C=O) groups is 3. The smallest absolute Gasteiger partial charge is 0.410 e. The average molecular weight is 450 g/mol. The monoisotopic (exact) mass is 449 g/mol. The SMILES string of the molecule is CC(C)CC(OC(=O)N(C)C1CC1)C(=O)NC1C(=O)N(C)c2ccccc2-c2ccccc21. The van der Waals surface area contributed by atoms with Crippen LogP contribution in [0.5, 0.6) is 0 Å². The number of hydrogen-bond acceptors (Lipinski definition) is 4. The molecule has 0 aromatic heterocycles. The second-order valence-corrected chi connectivity index (χ2v) is 9.29. The Morgan fingerprint density at radius 1 is 1.09 bits per heavy atom. The fraction of sp³-hybridized carbons (Fsp3) is 0.423. The van der Waals surface area contributed by atoms with Gasteiger partial charge in [0.15, 0.2) is 6.10 Å². The lowest BCUT2D eigenvalue weighted by Gasteiger charge is -2.27. The van der Waals surface area contributed by atoms with Gasteiger partial charge in [0.25, 0.3) is 11.8 Å². The van der Waals surface area contributed by atoms with Gasteiger partial charge in [-0.25, -0.2) is 4.79 Å². The number of para-hydroxylation sites is 1. The van der Waals surface area contributed by atoms with Gasteiger partial charge in [0, 0.05) is 25.7 Å². The maximum atomic E-state index is 13.5. The van der Waals surface area contributed by atoms with E-state index in [0.717, 1.165) is 35.2 Å². The molecule has 2 aliphatic rings. The van der Waals surface area contributed by atoms with Crippen LogP contribution in [0.2, 0.25) is 0 Å². The molecule has 1 aliphatic heterocycles. The van der Waals surface area contributed by atoms with E-state index in [1.54, 1.807) is 23.9 Å². The third kappa shape index (κ3) is 4.72. The molecule has 0 spiro atoms. The summed E-state index contributed by atoms with van der Waals surface area (Å²) < 4.78 is 5.62. The van der Waals surface area contributed by atoms with E-state index in [2.05, 4.69) is 5.32 Å². The molecule has 1 saturated carbocycles. The maximum absolute atomic E-state index is 13.5. The third-order valence-electron chi connectivity index (χ3n) is 6.30. The Balaban J connectivity index is 1.62. The molecule has 0 saturated heterocycles. The fourth-order valence-electron chi connectivity index (χ4n) is 4.26. The van der Waals surface area contributed by atoms with E-state index in [0.29, 0.717) is 6.42 Å². The highest BCUT2D eigenvalue weighted by atomic mass is 16.6. The maximum Gasteiger partial charge on any atom is 0.410 e. The molecule has 1 heterocycles. The van der Waals surface area contributed by atoms with E-state index in [1.165, 1.54) is 0 Å². The van der Waals surface area contributed by atoms with Gasteiger partial charge < -0.3 is 19.9 Å². The Morgan fingerprint density at radius 3 is 2.39 bits per heavy atom. The summed E-state index contributed by atoms with van der Waals surface area (Å²) in [5.41, 5.74) is 3.32. The molecule has 174 valence electrons. The van der Waals surface area contributed by atoms with Gasteiger partial charge in [-0.05, 0) is 42.4 Å². The topological polar surface area (TPSA) is 79.0 Å². The molecule has 0 bridgehead atoms. The zero-order chi connectivity index (χ0) is 23.7. The van der Waals surface area contributed by atoms with E-state index in [1.807, 2.05) is 62.4 Å². The number of carbonyl (C=O) groups excluding carboxylic acids is 3. The van der Waals surface area contributed by atoms with Gasteiger partial charge in [-0.3, -0.25) is 9.59 Å². The van der Waals surface area contributed by atoms with Crippen LogP contribution >= 0.6 is 0 Å². The summed E-state index contributed by atoms with van der Waals surface area (Å²) in [4.78, 5) is 42.5. The Bertz CT molecular complexity index is 1060. The van der Waals surface area contributed by atoms with E-state index in [4.69, 9.17) is 4.74 Å². The molecule has 7 nitrogen and oxygen atoms in total. The summed E-state index contributed by atoms with van der Waals surface area (Å²) in [6, 6.07) is 14.6. The molecule has 4 rings (SSSR count). The van der Waals surface area contributed by atoms with Crippen LogP contribution in [0.4, 0.5) is 10.5 Å². The van der Waals surface area contributed by atoms with Gasteiger partial charge in [-0.1, -0.05) is 56.3 Å². The Hall–Kier alpha value is -3.35. The van der Waals surface area contributed by atoms with Crippen LogP contribution in [-0.2, 0) is 14.3 Å². The van der Waals surface area contributed by atoms with Crippen LogP contribution in [-0.4, -0.2) is 49.0 Å². The number of ether oxygens (including phenoxy) is 1. The van der Waals surface area contributed by atoms with E-state index in [-0.39, 0.29) is 17.9 Å². The quantitative estimate of drug-likeness (QED) is 0.719. The van der Waals surface area contributed by atoms with Gasteiger partial charge in [-0.2, -0.15) is 0 Å². The van der Waals surface area contributed by atoms with Gasteiger partial charge in [-0.15, -0.1) is 0 Å². The first-order chi connectivity index (χ1) is 15.8. The van der Waals surface area contributed by atoms with Crippen molar-refractivity contribution in [1.29, 1.82) is 0 Å². The summed E-state index contributed by atoms with van der Waals surface area (Å²) >= 11 is 0. The van der Waals surface area contributed by atoms with E-state index < -0.39 is 24.1 Å². The predicted molar refractivity (Wildman–Crippen MR) is 127 cm³/mol. The number of rotatable bonds is 6. The normalized spacial score (nSPS) is 18.2. The van der Waals surface area contributed by atoms with Crippen LogP contribution < -0.4 is 10.2 Å². The first-order valence-electron chi connectivity index (χ1n) is 11.5. The summed E-state index contributed by atoms with van der Waals surface area (Å²) in [5.74, 6) is -0.581. The Labute approximate surface area is 194 Å². The molecule has 2 atom stereocenters. The van der Waals surface area contributed by atoms with Crippen molar-refractivity contribution >= 4 is 23.6 Å². The lowest BCUT2D eigenvalue weighted by Crippen LogP contribution is -2.47. The van der Waals surface area contributed by atoms with Crippen molar-refractivity contribution in [2.45, 2.75) is 51.3 Å². The van der Waals surface area contributed by atoms with E-state index >= 15 is 0 Å². The lowest BCUT2D eigenvalue weighted by molar-refractivity contribution is -0.134. The molecule has 2 unspecified atom stereocenters. The predicted octanol–water partition coefficient (Wildman–Crippen LogP) is 4.13. The van der Waals surface area contributed by atoms with Crippen molar-refractivity contribution in [2.24, 2.45) is 5.92 Å². The number of benzene rings is 2. The lowest BCUT2D eigenvalue weighted by atomic mass is 9.95. The van der Waals surface area contributed by atoms with Crippen LogP contribution in [0.3, 0.4) is 0 Å². The molecular weight excluding hydrogens is 418 g/mol.